The highest BCUT2D eigenvalue weighted by molar-refractivity contribution is 5.42. The quantitative estimate of drug-likeness (QED) is 0.797. The lowest BCUT2D eigenvalue weighted by atomic mass is 9.96. The molecule has 106 valence electrons. The van der Waals surface area contributed by atoms with Crippen LogP contribution in [-0.4, -0.2) is 18.2 Å². The van der Waals surface area contributed by atoms with Crippen LogP contribution < -0.4 is 5.32 Å². The second-order valence-electron chi connectivity index (χ2n) is 4.83. The van der Waals surface area contributed by atoms with Gasteiger partial charge in [0.15, 0.2) is 0 Å². The minimum absolute atomic E-state index is 0.307. The van der Waals surface area contributed by atoms with Crippen molar-refractivity contribution in [3.63, 3.8) is 0 Å². The number of benzene rings is 1. The average molecular weight is 275 g/mol. The molecule has 0 aliphatic rings. The summed E-state index contributed by atoms with van der Waals surface area (Å²) in [6.07, 6.45) is 5.39. The highest BCUT2D eigenvalue weighted by Crippen LogP contribution is 2.19. The normalized spacial score (nSPS) is 14.6. The Morgan fingerprint density at radius 2 is 2.05 bits per heavy atom. The third kappa shape index (κ3) is 4.05. The fourth-order valence-electron chi connectivity index (χ4n) is 1.87. The number of rotatable bonds is 6. The molecular formula is C16H18FNO2. The lowest BCUT2D eigenvalue weighted by molar-refractivity contribution is 0.0580. The molecule has 0 saturated carbocycles. The van der Waals surface area contributed by atoms with Gasteiger partial charge in [0.25, 0.3) is 0 Å². The molecule has 20 heavy (non-hydrogen) atoms. The van der Waals surface area contributed by atoms with Gasteiger partial charge in [-0.05, 0) is 42.8 Å². The van der Waals surface area contributed by atoms with Crippen molar-refractivity contribution >= 4 is 6.08 Å². The molecule has 0 radical (unpaired) electrons. The van der Waals surface area contributed by atoms with Crippen molar-refractivity contribution in [2.75, 3.05) is 13.1 Å². The van der Waals surface area contributed by atoms with Gasteiger partial charge in [-0.3, -0.25) is 0 Å². The maximum atomic E-state index is 12.8. The molecular weight excluding hydrogens is 257 g/mol. The Hall–Kier alpha value is -1.91. The molecule has 2 N–H and O–H groups in total. The first kappa shape index (κ1) is 14.5. The zero-order chi connectivity index (χ0) is 14.4. The maximum absolute atomic E-state index is 12.8. The lowest BCUT2D eigenvalue weighted by Gasteiger charge is -2.24. The van der Waals surface area contributed by atoms with Gasteiger partial charge in [-0.2, -0.15) is 0 Å². The van der Waals surface area contributed by atoms with Crippen LogP contribution >= 0.6 is 0 Å². The number of halogens is 1. The van der Waals surface area contributed by atoms with Gasteiger partial charge in [0.05, 0.1) is 11.9 Å². The summed E-state index contributed by atoms with van der Waals surface area (Å²) in [4.78, 5) is 0. The maximum Gasteiger partial charge on any atom is 0.126 e. The molecule has 1 aromatic heterocycles. The van der Waals surface area contributed by atoms with Gasteiger partial charge in [-0.1, -0.05) is 18.2 Å². The van der Waals surface area contributed by atoms with E-state index in [9.17, 15) is 9.50 Å². The van der Waals surface area contributed by atoms with Crippen LogP contribution in [0.2, 0.25) is 0 Å². The Labute approximate surface area is 117 Å². The SMILES string of the molecule is CC(O)(CNC/C=C/c1ccco1)c1ccc(F)cc1. The second-order valence-corrected chi connectivity index (χ2v) is 4.83. The Kier molecular flexibility index (Phi) is 4.71. The van der Waals surface area contributed by atoms with Gasteiger partial charge >= 0.3 is 0 Å². The molecule has 2 aromatic rings. The number of nitrogens with one attached hydrogen (secondary N) is 1. The summed E-state index contributed by atoms with van der Waals surface area (Å²) >= 11 is 0. The Morgan fingerprint density at radius 1 is 1.30 bits per heavy atom. The molecule has 1 atom stereocenters. The van der Waals surface area contributed by atoms with Gasteiger partial charge < -0.3 is 14.8 Å². The molecule has 0 aliphatic carbocycles. The summed E-state index contributed by atoms with van der Waals surface area (Å²) in [5, 5.41) is 13.5. The molecule has 0 aliphatic heterocycles. The molecule has 0 saturated heterocycles. The van der Waals surface area contributed by atoms with Gasteiger partial charge in [0.2, 0.25) is 0 Å². The van der Waals surface area contributed by atoms with Gasteiger partial charge in [0, 0.05) is 13.1 Å². The van der Waals surface area contributed by atoms with E-state index < -0.39 is 5.60 Å². The van der Waals surface area contributed by atoms with E-state index in [0.29, 0.717) is 18.7 Å². The first-order chi connectivity index (χ1) is 9.58. The topological polar surface area (TPSA) is 45.4 Å². The fourth-order valence-corrected chi connectivity index (χ4v) is 1.87. The first-order valence-corrected chi connectivity index (χ1v) is 6.47. The third-order valence-corrected chi connectivity index (χ3v) is 3.02. The van der Waals surface area contributed by atoms with E-state index in [0.717, 1.165) is 5.76 Å². The number of aliphatic hydroxyl groups is 1. The van der Waals surface area contributed by atoms with Crippen LogP contribution in [0.5, 0.6) is 0 Å². The molecule has 1 unspecified atom stereocenters. The average Bonchev–Trinajstić information content (AvgIpc) is 2.92. The molecule has 0 bridgehead atoms. The minimum Gasteiger partial charge on any atom is -0.465 e. The summed E-state index contributed by atoms with van der Waals surface area (Å²) in [6.45, 7) is 2.68. The molecule has 2 rings (SSSR count). The van der Waals surface area contributed by atoms with Crippen molar-refractivity contribution in [3.05, 3.63) is 65.9 Å². The second kappa shape index (κ2) is 6.50. The molecule has 4 heteroatoms. The molecule has 3 nitrogen and oxygen atoms in total. The zero-order valence-electron chi connectivity index (χ0n) is 11.3. The van der Waals surface area contributed by atoms with Crippen LogP contribution in [0.1, 0.15) is 18.2 Å². The standard InChI is InChI=1S/C16H18FNO2/c1-16(19,13-6-8-14(17)9-7-13)12-18-10-2-4-15-5-3-11-20-15/h2-9,11,18-19H,10,12H2,1H3/b4-2+. The van der Waals surface area contributed by atoms with Crippen molar-refractivity contribution < 1.29 is 13.9 Å². The molecule has 1 heterocycles. The van der Waals surface area contributed by atoms with E-state index in [1.807, 2.05) is 24.3 Å². The Bertz CT molecular complexity index is 544. The number of hydrogen-bond acceptors (Lipinski definition) is 3. The largest absolute Gasteiger partial charge is 0.465 e. The number of furan rings is 1. The Balaban J connectivity index is 1.82. The summed E-state index contributed by atoms with van der Waals surface area (Å²) in [7, 11) is 0. The fraction of sp³-hybridized carbons (Fsp3) is 0.250. The summed E-state index contributed by atoms with van der Waals surface area (Å²) in [5.74, 6) is 0.482. The lowest BCUT2D eigenvalue weighted by Crippen LogP contribution is -2.35. The van der Waals surface area contributed by atoms with Crippen LogP contribution in [0.3, 0.4) is 0 Å². The third-order valence-electron chi connectivity index (χ3n) is 3.02. The van der Waals surface area contributed by atoms with E-state index in [2.05, 4.69) is 5.32 Å². The predicted octanol–water partition coefficient (Wildman–Crippen LogP) is 2.93. The van der Waals surface area contributed by atoms with Crippen molar-refractivity contribution in [2.24, 2.45) is 0 Å². The van der Waals surface area contributed by atoms with Gasteiger partial charge in [-0.25, -0.2) is 4.39 Å². The van der Waals surface area contributed by atoms with Crippen molar-refractivity contribution in [1.29, 1.82) is 0 Å². The van der Waals surface area contributed by atoms with E-state index in [1.165, 1.54) is 12.1 Å². The zero-order valence-corrected chi connectivity index (χ0v) is 11.3. The highest BCUT2D eigenvalue weighted by atomic mass is 19.1. The van der Waals surface area contributed by atoms with Crippen molar-refractivity contribution in [3.8, 4) is 0 Å². The van der Waals surface area contributed by atoms with Gasteiger partial charge in [-0.15, -0.1) is 0 Å². The Morgan fingerprint density at radius 3 is 2.70 bits per heavy atom. The van der Waals surface area contributed by atoms with E-state index in [4.69, 9.17) is 4.42 Å². The summed E-state index contributed by atoms with van der Waals surface area (Å²) in [5.41, 5.74) is -0.354. The molecule has 0 fully saturated rings. The molecule has 1 aromatic carbocycles. The van der Waals surface area contributed by atoms with Crippen molar-refractivity contribution in [2.45, 2.75) is 12.5 Å². The molecule has 0 spiro atoms. The highest BCUT2D eigenvalue weighted by Gasteiger charge is 2.22. The van der Waals surface area contributed by atoms with E-state index >= 15 is 0 Å². The van der Waals surface area contributed by atoms with E-state index in [1.54, 1.807) is 25.3 Å². The van der Waals surface area contributed by atoms with Crippen LogP contribution in [0.15, 0.2) is 53.2 Å². The predicted molar refractivity (Wildman–Crippen MR) is 76.6 cm³/mol. The smallest absolute Gasteiger partial charge is 0.126 e. The van der Waals surface area contributed by atoms with Crippen LogP contribution in [0.4, 0.5) is 4.39 Å². The summed E-state index contributed by atoms with van der Waals surface area (Å²) < 4.78 is 18.0. The van der Waals surface area contributed by atoms with Crippen LogP contribution in [0.25, 0.3) is 6.08 Å². The number of hydrogen-bond donors (Lipinski definition) is 2. The van der Waals surface area contributed by atoms with Gasteiger partial charge in [0.1, 0.15) is 11.6 Å². The van der Waals surface area contributed by atoms with Crippen LogP contribution in [-0.2, 0) is 5.60 Å². The van der Waals surface area contributed by atoms with E-state index in [-0.39, 0.29) is 5.82 Å². The monoisotopic (exact) mass is 275 g/mol. The first-order valence-electron chi connectivity index (χ1n) is 6.47. The summed E-state index contributed by atoms with van der Waals surface area (Å²) in [6, 6.07) is 9.57. The molecule has 0 amide bonds. The minimum atomic E-state index is -1.04. The van der Waals surface area contributed by atoms with Crippen molar-refractivity contribution in [1.82, 2.24) is 5.32 Å². The van der Waals surface area contributed by atoms with Crippen LogP contribution in [0, 0.1) is 5.82 Å².